The van der Waals surface area contributed by atoms with E-state index in [1.165, 1.54) is 37.9 Å². The van der Waals surface area contributed by atoms with Crippen LogP contribution in [0.2, 0.25) is 0 Å². The maximum absolute atomic E-state index is 9.04. The third-order valence-electron chi connectivity index (χ3n) is 4.64. The van der Waals surface area contributed by atoms with Crippen molar-refractivity contribution in [3.05, 3.63) is 60.2 Å². The van der Waals surface area contributed by atoms with Crippen LogP contribution in [-0.4, -0.2) is 11.7 Å². The molecule has 0 amide bonds. The van der Waals surface area contributed by atoms with Crippen LogP contribution in [0.15, 0.2) is 54.6 Å². The second-order valence-electron chi connectivity index (χ2n) is 5.98. The van der Waals surface area contributed by atoms with Crippen molar-refractivity contribution >= 4 is 44.7 Å². The molecular weight excluding hydrogens is 306 g/mol. The quantitative estimate of drug-likeness (QED) is 0.530. The lowest BCUT2D eigenvalue weighted by atomic mass is 9.89. The van der Waals surface area contributed by atoms with Crippen molar-refractivity contribution in [1.29, 1.82) is 0 Å². The average molecular weight is 326 g/mol. The molecule has 0 bridgehead atoms. The van der Waals surface area contributed by atoms with Gasteiger partial charge >= 0.3 is 0 Å². The summed E-state index contributed by atoms with van der Waals surface area (Å²) in [6.07, 6.45) is 1.55. The van der Waals surface area contributed by atoms with Crippen LogP contribution in [0.25, 0.3) is 32.3 Å². The summed E-state index contributed by atoms with van der Waals surface area (Å²) in [5, 5.41) is 16.7. The molecule has 0 unspecified atom stereocenters. The van der Waals surface area contributed by atoms with Crippen LogP contribution in [0.3, 0.4) is 0 Å². The number of nitrogens with two attached hydrogens (primary N) is 1. The van der Waals surface area contributed by atoms with Gasteiger partial charge in [-0.2, -0.15) is 0 Å². The number of hydrogen-bond donors (Lipinski definition) is 2. The van der Waals surface area contributed by atoms with Gasteiger partial charge in [-0.1, -0.05) is 54.6 Å². The van der Waals surface area contributed by atoms with Gasteiger partial charge in [-0.25, -0.2) is 0 Å². The summed E-state index contributed by atoms with van der Waals surface area (Å²) in [6.45, 7) is 0.194. The topological polar surface area (TPSA) is 46.2 Å². The summed E-state index contributed by atoms with van der Waals surface area (Å²) < 4.78 is 0. The largest absolute Gasteiger partial charge is 0.396 e. The molecule has 0 spiro atoms. The van der Waals surface area contributed by atoms with Crippen LogP contribution in [0.4, 0.5) is 0 Å². The molecule has 2 nitrogen and oxygen atoms in total. The Morgan fingerprint density at radius 1 is 0.826 bits per heavy atom. The highest BCUT2D eigenvalue weighted by Crippen LogP contribution is 2.37. The first-order valence-electron chi connectivity index (χ1n) is 7.82. The Morgan fingerprint density at radius 2 is 1.43 bits per heavy atom. The third-order valence-corrected chi connectivity index (χ3v) is 4.64. The molecule has 4 rings (SSSR count). The zero-order valence-electron chi connectivity index (χ0n) is 12.8. The van der Waals surface area contributed by atoms with Crippen LogP contribution in [-0.2, 0) is 0 Å². The highest BCUT2D eigenvalue weighted by molar-refractivity contribution is 6.23. The fourth-order valence-corrected chi connectivity index (χ4v) is 3.55. The lowest BCUT2D eigenvalue weighted by Crippen LogP contribution is -2.11. The molecule has 118 valence electrons. The summed E-state index contributed by atoms with van der Waals surface area (Å²) in [7, 11) is 0. The zero-order valence-corrected chi connectivity index (χ0v) is 13.6. The molecule has 3 N–H and O–H groups in total. The van der Waals surface area contributed by atoms with E-state index in [0.717, 1.165) is 12.8 Å². The van der Waals surface area contributed by atoms with Gasteiger partial charge in [0, 0.05) is 12.6 Å². The van der Waals surface area contributed by atoms with Crippen molar-refractivity contribution in [2.24, 2.45) is 5.73 Å². The summed E-state index contributed by atoms with van der Waals surface area (Å²) in [4.78, 5) is 0. The lowest BCUT2D eigenvalue weighted by Gasteiger charge is -2.17. The smallest absolute Gasteiger partial charge is 0.0431 e. The number of aliphatic hydroxyl groups is 1. The number of rotatable bonds is 4. The molecule has 0 fully saturated rings. The predicted octanol–water partition coefficient (Wildman–Crippen LogP) is 4.78. The minimum Gasteiger partial charge on any atom is -0.396 e. The maximum atomic E-state index is 9.04. The van der Waals surface area contributed by atoms with Gasteiger partial charge in [-0.3, -0.25) is 0 Å². The number of halogens is 1. The number of hydrogen-bond acceptors (Lipinski definition) is 2. The molecule has 4 aromatic carbocycles. The van der Waals surface area contributed by atoms with Gasteiger partial charge in [-0.05, 0) is 50.7 Å². The van der Waals surface area contributed by atoms with Crippen molar-refractivity contribution in [3.63, 3.8) is 0 Å². The molecule has 0 radical (unpaired) electrons. The van der Waals surface area contributed by atoms with Crippen molar-refractivity contribution in [1.82, 2.24) is 0 Å². The van der Waals surface area contributed by atoms with E-state index in [1.807, 2.05) is 0 Å². The molecule has 0 aliphatic heterocycles. The second-order valence-corrected chi connectivity index (χ2v) is 5.98. The molecule has 23 heavy (non-hydrogen) atoms. The Labute approximate surface area is 141 Å². The van der Waals surface area contributed by atoms with E-state index in [0.29, 0.717) is 0 Å². The molecule has 0 aliphatic rings. The number of benzene rings is 4. The first-order valence-corrected chi connectivity index (χ1v) is 7.82. The van der Waals surface area contributed by atoms with Crippen LogP contribution >= 0.6 is 12.4 Å². The van der Waals surface area contributed by atoms with Crippen LogP contribution in [0, 0.1) is 0 Å². The van der Waals surface area contributed by atoms with Gasteiger partial charge in [0.25, 0.3) is 0 Å². The van der Waals surface area contributed by atoms with Crippen molar-refractivity contribution in [3.8, 4) is 0 Å². The third kappa shape index (κ3) is 2.53. The minimum absolute atomic E-state index is 0. The average Bonchev–Trinajstić information content (AvgIpc) is 2.57. The Bertz CT molecular complexity index is 934. The minimum atomic E-state index is -0.0308. The van der Waals surface area contributed by atoms with Gasteiger partial charge in [0.15, 0.2) is 0 Å². The SMILES string of the molecule is Cl.N[C@H](CCCO)c1ccc2ccc3cccc4ccc1c2c34. The summed E-state index contributed by atoms with van der Waals surface area (Å²) in [5.74, 6) is 0. The van der Waals surface area contributed by atoms with E-state index < -0.39 is 0 Å². The molecule has 0 aliphatic carbocycles. The molecule has 3 heteroatoms. The Kier molecular flexibility index (Phi) is 4.40. The van der Waals surface area contributed by atoms with Gasteiger partial charge < -0.3 is 10.8 Å². The molecule has 0 saturated carbocycles. The van der Waals surface area contributed by atoms with Gasteiger partial charge in [0.1, 0.15) is 0 Å². The van der Waals surface area contributed by atoms with E-state index in [9.17, 15) is 0 Å². The van der Waals surface area contributed by atoms with Crippen LogP contribution in [0.1, 0.15) is 24.4 Å². The molecule has 4 aromatic rings. The fraction of sp³-hybridized carbons (Fsp3) is 0.200. The van der Waals surface area contributed by atoms with Crippen LogP contribution < -0.4 is 5.73 Å². The first-order chi connectivity index (χ1) is 10.8. The molecule has 0 heterocycles. The Hall–Kier alpha value is -1.87. The highest BCUT2D eigenvalue weighted by atomic mass is 35.5. The predicted molar refractivity (Wildman–Crippen MR) is 101 cm³/mol. The number of aliphatic hydroxyl groups excluding tert-OH is 1. The maximum Gasteiger partial charge on any atom is 0.0431 e. The molecular formula is C20H20ClNO. The Balaban J connectivity index is 0.00000156. The molecule has 0 aromatic heterocycles. The molecule has 1 atom stereocenters. The summed E-state index contributed by atoms with van der Waals surface area (Å²) in [6, 6.07) is 19.5. The van der Waals surface area contributed by atoms with Gasteiger partial charge in [-0.15, -0.1) is 12.4 Å². The van der Waals surface area contributed by atoms with Crippen LogP contribution in [0.5, 0.6) is 0 Å². The summed E-state index contributed by atoms with van der Waals surface area (Å²) in [5.41, 5.74) is 7.55. The first kappa shape index (κ1) is 16.0. The monoisotopic (exact) mass is 325 g/mol. The van der Waals surface area contributed by atoms with E-state index in [1.54, 1.807) is 0 Å². The van der Waals surface area contributed by atoms with Gasteiger partial charge in [0.05, 0.1) is 0 Å². The normalized spacial score (nSPS) is 12.8. The zero-order chi connectivity index (χ0) is 15.1. The fourth-order valence-electron chi connectivity index (χ4n) is 3.55. The van der Waals surface area contributed by atoms with E-state index >= 15 is 0 Å². The summed E-state index contributed by atoms with van der Waals surface area (Å²) >= 11 is 0. The molecule has 0 saturated heterocycles. The van der Waals surface area contributed by atoms with Gasteiger partial charge in [0.2, 0.25) is 0 Å². The Morgan fingerprint density at radius 3 is 2.13 bits per heavy atom. The lowest BCUT2D eigenvalue weighted by molar-refractivity contribution is 0.280. The van der Waals surface area contributed by atoms with Crippen molar-refractivity contribution < 1.29 is 5.11 Å². The second kappa shape index (κ2) is 6.32. The van der Waals surface area contributed by atoms with Crippen molar-refractivity contribution in [2.45, 2.75) is 18.9 Å². The standard InChI is InChI=1S/C20H19NO.ClH/c21-18(5-2-12-22)16-10-8-15-7-6-13-3-1-4-14-9-11-17(16)20(15)19(13)14;/h1,3-4,6-11,18,22H,2,5,12,21H2;1H/t18-;/m1./s1. The van der Waals surface area contributed by atoms with E-state index in [2.05, 4.69) is 54.6 Å². The van der Waals surface area contributed by atoms with E-state index in [4.69, 9.17) is 10.8 Å². The van der Waals surface area contributed by atoms with Crippen molar-refractivity contribution in [2.75, 3.05) is 6.61 Å². The van der Waals surface area contributed by atoms with E-state index in [-0.39, 0.29) is 25.1 Å². The highest BCUT2D eigenvalue weighted by Gasteiger charge is 2.14.